The molecule has 2 heterocycles. The number of amides is 1. The van der Waals surface area contributed by atoms with Crippen molar-refractivity contribution in [2.24, 2.45) is 11.7 Å². The van der Waals surface area contributed by atoms with Crippen LogP contribution in [0.2, 0.25) is 0 Å². The molecule has 160 valence electrons. The lowest BCUT2D eigenvalue weighted by Gasteiger charge is -2.32. The fourth-order valence-corrected chi connectivity index (χ4v) is 5.17. The predicted octanol–water partition coefficient (Wildman–Crippen LogP) is 2.78. The van der Waals surface area contributed by atoms with Crippen LogP contribution >= 0.6 is 0 Å². The Morgan fingerprint density at radius 1 is 1.38 bits per heavy atom. The lowest BCUT2D eigenvalue weighted by atomic mass is 9.86. The van der Waals surface area contributed by atoms with Gasteiger partial charge in [0.05, 0.1) is 37.3 Å². The van der Waals surface area contributed by atoms with E-state index >= 15 is 0 Å². The van der Waals surface area contributed by atoms with Gasteiger partial charge in [0, 0.05) is 17.5 Å². The van der Waals surface area contributed by atoms with Crippen molar-refractivity contribution < 1.29 is 18.7 Å². The van der Waals surface area contributed by atoms with Gasteiger partial charge in [-0.05, 0) is 58.8 Å². The van der Waals surface area contributed by atoms with E-state index in [2.05, 4.69) is 9.97 Å². The number of hydrogen-bond donors (Lipinski definition) is 1. The van der Waals surface area contributed by atoms with E-state index < -0.39 is 5.82 Å². The number of likely N-dealkylation sites (tertiary alicyclic amines) is 1. The first kappa shape index (κ1) is 20.5. The molecule has 1 aromatic rings. The zero-order valence-corrected chi connectivity index (χ0v) is 17.4. The first-order valence-electron chi connectivity index (χ1n) is 10.6. The van der Waals surface area contributed by atoms with Gasteiger partial charge >= 0.3 is 6.09 Å². The van der Waals surface area contributed by atoms with Gasteiger partial charge in [-0.2, -0.15) is 0 Å². The second-order valence-corrected chi connectivity index (χ2v) is 9.17. The number of carbonyl (C=O) groups is 1. The molecule has 0 spiro atoms. The largest absolute Gasteiger partial charge is 0.447 e. The molecule has 3 fully saturated rings. The van der Waals surface area contributed by atoms with Crippen molar-refractivity contribution in [3.8, 4) is 0 Å². The Bertz CT molecular complexity index is 746. The molecule has 8 heteroatoms. The van der Waals surface area contributed by atoms with Crippen LogP contribution in [0, 0.1) is 11.7 Å². The van der Waals surface area contributed by atoms with Crippen molar-refractivity contribution in [1.82, 2.24) is 14.9 Å². The maximum atomic E-state index is 13.1. The van der Waals surface area contributed by atoms with Crippen molar-refractivity contribution >= 4 is 6.09 Å². The molecule has 0 aromatic carbocycles. The van der Waals surface area contributed by atoms with Crippen LogP contribution < -0.4 is 5.73 Å². The van der Waals surface area contributed by atoms with Crippen LogP contribution in [0.25, 0.3) is 0 Å². The van der Waals surface area contributed by atoms with Gasteiger partial charge in [0.1, 0.15) is 5.82 Å². The van der Waals surface area contributed by atoms with Crippen molar-refractivity contribution in [2.75, 3.05) is 6.61 Å². The summed E-state index contributed by atoms with van der Waals surface area (Å²) >= 11 is 0. The van der Waals surface area contributed by atoms with Crippen LogP contribution in [0.4, 0.5) is 9.18 Å². The summed E-state index contributed by atoms with van der Waals surface area (Å²) in [6.07, 6.45) is 6.74. The highest BCUT2D eigenvalue weighted by molar-refractivity contribution is 5.69. The molecule has 2 saturated carbocycles. The van der Waals surface area contributed by atoms with E-state index in [1.165, 1.54) is 12.4 Å². The molecule has 1 amide bonds. The van der Waals surface area contributed by atoms with Gasteiger partial charge in [0.15, 0.2) is 5.82 Å². The van der Waals surface area contributed by atoms with Crippen molar-refractivity contribution in [1.29, 1.82) is 0 Å². The van der Waals surface area contributed by atoms with Gasteiger partial charge < -0.3 is 15.2 Å². The molecular weight excluding hydrogens is 375 g/mol. The zero-order chi connectivity index (χ0) is 20.8. The normalized spacial score (nSPS) is 36.2. The molecule has 1 aliphatic heterocycles. The third kappa shape index (κ3) is 3.97. The van der Waals surface area contributed by atoms with Gasteiger partial charge in [-0.1, -0.05) is 0 Å². The van der Waals surface area contributed by atoms with E-state index in [4.69, 9.17) is 15.2 Å². The van der Waals surface area contributed by atoms with Crippen LogP contribution in [0.15, 0.2) is 12.4 Å². The highest BCUT2D eigenvalue weighted by Gasteiger charge is 2.60. The van der Waals surface area contributed by atoms with Gasteiger partial charge in [-0.25, -0.2) is 19.2 Å². The zero-order valence-electron chi connectivity index (χ0n) is 17.4. The molecule has 0 radical (unpaired) electrons. The van der Waals surface area contributed by atoms with E-state index in [1.807, 2.05) is 20.8 Å². The number of halogens is 1. The van der Waals surface area contributed by atoms with E-state index in [-0.39, 0.29) is 41.8 Å². The summed E-state index contributed by atoms with van der Waals surface area (Å²) in [4.78, 5) is 22.7. The Morgan fingerprint density at radius 2 is 2.10 bits per heavy atom. The molecule has 1 aromatic heterocycles. The van der Waals surface area contributed by atoms with Crippen molar-refractivity contribution in [3.63, 3.8) is 0 Å². The minimum Gasteiger partial charge on any atom is -0.447 e. The van der Waals surface area contributed by atoms with E-state index in [1.54, 1.807) is 4.90 Å². The Hall–Kier alpha value is -1.80. The maximum absolute atomic E-state index is 13.1. The molecule has 3 aliphatic rings. The Labute approximate surface area is 171 Å². The number of nitrogens with zero attached hydrogens (tertiary/aromatic N) is 3. The smallest absolute Gasteiger partial charge is 0.410 e. The van der Waals surface area contributed by atoms with Crippen LogP contribution in [0.3, 0.4) is 0 Å². The van der Waals surface area contributed by atoms with Crippen LogP contribution in [-0.4, -0.2) is 57.9 Å². The maximum Gasteiger partial charge on any atom is 0.410 e. The quantitative estimate of drug-likeness (QED) is 0.809. The summed E-state index contributed by atoms with van der Waals surface area (Å²) in [6, 6.07) is -0.230. The Kier molecular flexibility index (Phi) is 5.50. The highest BCUT2D eigenvalue weighted by atomic mass is 19.1. The Morgan fingerprint density at radius 3 is 2.76 bits per heavy atom. The summed E-state index contributed by atoms with van der Waals surface area (Å²) < 4.78 is 24.8. The summed E-state index contributed by atoms with van der Waals surface area (Å²) in [7, 11) is 0. The third-order valence-electron chi connectivity index (χ3n) is 6.75. The first-order valence-corrected chi connectivity index (χ1v) is 10.6. The van der Waals surface area contributed by atoms with E-state index in [9.17, 15) is 9.18 Å². The number of nitrogens with two attached hydrogens (primary N) is 1. The number of carbonyl (C=O) groups excluding carboxylic acids is 1. The van der Waals surface area contributed by atoms with E-state index in [0.717, 1.165) is 37.9 Å². The number of ether oxygens (including phenoxy) is 2. The van der Waals surface area contributed by atoms with Crippen molar-refractivity contribution in [3.05, 3.63) is 24.0 Å². The number of rotatable bonds is 5. The van der Waals surface area contributed by atoms with Gasteiger partial charge in [0.25, 0.3) is 0 Å². The molecule has 1 saturated heterocycles. The summed E-state index contributed by atoms with van der Waals surface area (Å²) in [6.45, 7) is 6.12. The Balaban J connectivity index is 1.33. The standard InChI is InChI=1S/C21H31FN4O3/c1-12(2)29-20(27)26-13(3)6-17(23)18(26)11-28-16-4-5-21(8-14(21)7-16)19-24-9-15(22)10-25-19/h9-10,12-14,16-18H,4-8,11,23H2,1-3H3/t13-,14?,16?,17+,18+,21?/m1/s1. The molecule has 6 atom stereocenters. The predicted molar refractivity (Wildman–Crippen MR) is 105 cm³/mol. The van der Waals surface area contributed by atoms with Gasteiger partial charge in [-0.3, -0.25) is 4.90 Å². The molecule has 7 nitrogen and oxygen atoms in total. The fourth-order valence-electron chi connectivity index (χ4n) is 5.17. The monoisotopic (exact) mass is 406 g/mol. The summed E-state index contributed by atoms with van der Waals surface area (Å²) in [5.41, 5.74) is 6.31. The van der Waals surface area contributed by atoms with Crippen LogP contribution in [-0.2, 0) is 14.9 Å². The number of hydrogen-bond acceptors (Lipinski definition) is 6. The van der Waals surface area contributed by atoms with Crippen molar-refractivity contribution in [2.45, 2.75) is 88.6 Å². The topological polar surface area (TPSA) is 90.6 Å². The minimum absolute atomic E-state index is 0.00105. The lowest BCUT2D eigenvalue weighted by molar-refractivity contribution is -0.0140. The second-order valence-electron chi connectivity index (χ2n) is 9.17. The lowest BCUT2D eigenvalue weighted by Crippen LogP contribution is -2.48. The SMILES string of the molecule is CC(C)OC(=O)N1[C@H](C)C[C@H](N)[C@@H]1COC1CCC2(c3ncc(F)cn3)CC2C1. The van der Waals surface area contributed by atoms with Crippen LogP contribution in [0.5, 0.6) is 0 Å². The third-order valence-corrected chi connectivity index (χ3v) is 6.75. The molecular formula is C21H31FN4O3. The number of fused-ring (bicyclic) bond motifs is 1. The fraction of sp³-hybridized carbons (Fsp3) is 0.762. The van der Waals surface area contributed by atoms with E-state index in [0.29, 0.717) is 12.5 Å². The molecule has 0 bridgehead atoms. The molecule has 4 rings (SSSR count). The van der Waals surface area contributed by atoms with Gasteiger partial charge in [0.2, 0.25) is 0 Å². The van der Waals surface area contributed by atoms with Gasteiger partial charge in [-0.15, -0.1) is 0 Å². The molecule has 2 aliphatic carbocycles. The highest BCUT2D eigenvalue weighted by Crippen LogP contribution is 2.61. The van der Waals surface area contributed by atoms with Crippen LogP contribution in [0.1, 0.15) is 58.7 Å². The molecule has 3 unspecified atom stereocenters. The summed E-state index contributed by atoms with van der Waals surface area (Å²) in [5.74, 6) is 0.837. The summed E-state index contributed by atoms with van der Waals surface area (Å²) in [5, 5.41) is 0. The minimum atomic E-state index is -0.401. The first-order chi connectivity index (χ1) is 13.8. The molecule has 29 heavy (non-hydrogen) atoms. The number of aromatic nitrogens is 2. The average molecular weight is 407 g/mol. The average Bonchev–Trinajstić information content (AvgIpc) is 3.32. The molecule has 2 N–H and O–H groups in total. The second kappa shape index (κ2) is 7.80.